The van der Waals surface area contributed by atoms with Crippen LogP contribution in [0.1, 0.15) is 33.6 Å². The Labute approximate surface area is 176 Å². The van der Waals surface area contributed by atoms with E-state index in [-0.39, 0.29) is 23.5 Å². The maximum absolute atomic E-state index is 12.7. The molecule has 4 rings (SSSR count). The number of hydrogen-bond acceptors (Lipinski definition) is 6. The van der Waals surface area contributed by atoms with Crippen molar-refractivity contribution in [1.82, 2.24) is 19.9 Å². The van der Waals surface area contributed by atoms with E-state index >= 15 is 0 Å². The largest absolute Gasteiger partial charge is 0.444 e. The number of fused-ring (bicyclic) bond motifs is 3. The topological polar surface area (TPSA) is 71.5 Å². The Balaban J connectivity index is 1.65. The molecule has 10 heteroatoms. The van der Waals surface area contributed by atoms with E-state index in [0.29, 0.717) is 29.1 Å². The standard InChI is InChI=1S/C18H22Cl2N5O2P/c1-18(2,3)27-17(26)25-9-4-5-10(25)8-24(7-9)15-11-6-21-14(19)13(28)12(11)22-16(20)23-15/h6,9-10H,4-5,7-8,28H2,1-3H3. The molecule has 2 bridgehead atoms. The van der Waals surface area contributed by atoms with Crippen LogP contribution in [0.5, 0.6) is 0 Å². The summed E-state index contributed by atoms with van der Waals surface area (Å²) in [7, 11) is 2.57. The number of nitrogens with zero attached hydrogens (tertiary/aromatic N) is 5. The number of pyridine rings is 1. The zero-order valence-electron chi connectivity index (χ0n) is 15.9. The molecule has 3 atom stereocenters. The van der Waals surface area contributed by atoms with Crippen molar-refractivity contribution in [2.45, 2.75) is 51.3 Å². The third kappa shape index (κ3) is 3.60. The normalized spacial score (nSPS) is 22.1. The number of anilines is 1. The lowest BCUT2D eigenvalue weighted by atomic mass is 10.1. The van der Waals surface area contributed by atoms with Crippen molar-refractivity contribution < 1.29 is 9.53 Å². The number of rotatable bonds is 1. The van der Waals surface area contributed by atoms with Gasteiger partial charge in [-0.3, -0.25) is 4.90 Å². The molecule has 2 fully saturated rings. The number of carbonyl (C=O) groups excluding carboxylic acids is 1. The molecule has 0 N–H and O–H groups in total. The van der Waals surface area contributed by atoms with Crippen molar-refractivity contribution in [3.63, 3.8) is 0 Å². The first-order chi connectivity index (χ1) is 13.1. The van der Waals surface area contributed by atoms with Crippen molar-refractivity contribution >= 4 is 60.6 Å². The highest BCUT2D eigenvalue weighted by Crippen LogP contribution is 2.35. The van der Waals surface area contributed by atoms with Crippen LogP contribution >= 0.6 is 32.4 Å². The van der Waals surface area contributed by atoms with E-state index in [1.54, 1.807) is 6.20 Å². The van der Waals surface area contributed by atoms with Crippen LogP contribution in [0, 0.1) is 0 Å². The van der Waals surface area contributed by atoms with Crippen LogP contribution in [0.2, 0.25) is 10.4 Å². The van der Waals surface area contributed by atoms with Gasteiger partial charge in [0.2, 0.25) is 5.28 Å². The fraction of sp³-hybridized carbons (Fsp3) is 0.556. The van der Waals surface area contributed by atoms with Gasteiger partial charge in [-0.1, -0.05) is 20.8 Å². The molecule has 28 heavy (non-hydrogen) atoms. The van der Waals surface area contributed by atoms with Gasteiger partial charge in [-0.2, -0.15) is 4.98 Å². The Morgan fingerprint density at radius 2 is 1.86 bits per heavy atom. The minimum atomic E-state index is -0.510. The second-order valence-electron chi connectivity index (χ2n) is 8.22. The molecule has 2 aliphatic rings. The van der Waals surface area contributed by atoms with E-state index in [4.69, 9.17) is 27.9 Å². The number of carbonyl (C=O) groups is 1. The van der Waals surface area contributed by atoms with Gasteiger partial charge in [0.1, 0.15) is 16.6 Å². The van der Waals surface area contributed by atoms with Crippen molar-refractivity contribution in [3.8, 4) is 0 Å². The van der Waals surface area contributed by atoms with Gasteiger partial charge in [0.25, 0.3) is 0 Å². The third-order valence-corrected chi connectivity index (χ3v) is 6.27. The first-order valence-electron chi connectivity index (χ1n) is 9.17. The molecule has 150 valence electrons. The molecule has 0 saturated carbocycles. The number of amides is 1. The SMILES string of the molecule is CC(C)(C)OC(=O)N1C2CCC1CN(c1nc(Cl)nc3c(P)c(Cl)ncc13)C2. The molecular formula is C18H22Cl2N5O2P. The third-order valence-electron chi connectivity index (χ3n) is 5.07. The Kier molecular flexibility index (Phi) is 5.05. The zero-order valence-corrected chi connectivity index (χ0v) is 18.6. The van der Waals surface area contributed by atoms with Gasteiger partial charge in [0.15, 0.2) is 0 Å². The maximum atomic E-state index is 12.7. The van der Waals surface area contributed by atoms with Gasteiger partial charge >= 0.3 is 6.09 Å². The van der Waals surface area contributed by atoms with Crippen LogP contribution in [0.3, 0.4) is 0 Å². The average molecular weight is 442 g/mol. The van der Waals surface area contributed by atoms with Crippen LogP contribution in [0.4, 0.5) is 10.6 Å². The van der Waals surface area contributed by atoms with Crippen LogP contribution < -0.4 is 10.2 Å². The van der Waals surface area contributed by atoms with E-state index in [1.165, 1.54) is 0 Å². The molecule has 3 unspecified atom stereocenters. The minimum absolute atomic E-state index is 0.0770. The fourth-order valence-corrected chi connectivity index (χ4v) is 4.57. The molecule has 7 nitrogen and oxygen atoms in total. The van der Waals surface area contributed by atoms with Crippen molar-refractivity contribution in [2.24, 2.45) is 0 Å². The van der Waals surface area contributed by atoms with Gasteiger partial charge in [0.05, 0.1) is 23.0 Å². The molecule has 2 aromatic heterocycles. The summed E-state index contributed by atoms with van der Waals surface area (Å²) >= 11 is 12.3. The Hall–Kier alpha value is -1.43. The molecule has 2 aliphatic heterocycles. The summed E-state index contributed by atoms with van der Waals surface area (Å²) in [6, 6.07) is 0.154. The van der Waals surface area contributed by atoms with Crippen LogP contribution in [0.25, 0.3) is 10.9 Å². The van der Waals surface area contributed by atoms with Gasteiger partial charge in [0, 0.05) is 24.6 Å². The lowest BCUT2D eigenvalue weighted by Crippen LogP contribution is -2.57. The van der Waals surface area contributed by atoms with E-state index in [2.05, 4.69) is 29.1 Å². The molecule has 1 amide bonds. The Bertz CT molecular complexity index is 938. The molecule has 0 spiro atoms. The van der Waals surface area contributed by atoms with Crippen LogP contribution in [0.15, 0.2) is 6.20 Å². The Morgan fingerprint density at radius 3 is 2.46 bits per heavy atom. The summed E-state index contributed by atoms with van der Waals surface area (Å²) in [6.07, 6.45) is 3.32. The lowest BCUT2D eigenvalue weighted by molar-refractivity contribution is 0.0123. The predicted octanol–water partition coefficient (Wildman–Crippen LogP) is 3.42. The van der Waals surface area contributed by atoms with E-state index < -0.39 is 5.60 Å². The molecule has 2 saturated heterocycles. The summed E-state index contributed by atoms with van der Waals surface area (Å²) in [5.41, 5.74) is 0.159. The van der Waals surface area contributed by atoms with Crippen molar-refractivity contribution in [1.29, 1.82) is 0 Å². The van der Waals surface area contributed by atoms with E-state index in [9.17, 15) is 4.79 Å². The predicted molar refractivity (Wildman–Crippen MR) is 114 cm³/mol. The summed E-state index contributed by atoms with van der Waals surface area (Å²) < 4.78 is 5.61. The quantitative estimate of drug-likeness (QED) is 0.383. The lowest BCUT2D eigenvalue weighted by Gasteiger charge is -2.42. The molecule has 0 aromatic carbocycles. The highest BCUT2D eigenvalue weighted by molar-refractivity contribution is 7.28. The number of hydrogen-bond donors (Lipinski definition) is 0. The number of ether oxygens (including phenoxy) is 1. The summed E-state index contributed by atoms with van der Waals surface area (Å²) in [4.78, 5) is 29.8. The van der Waals surface area contributed by atoms with Crippen molar-refractivity contribution in [3.05, 3.63) is 16.6 Å². The molecule has 4 heterocycles. The van der Waals surface area contributed by atoms with Crippen molar-refractivity contribution in [2.75, 3.05) is 18.0 Å². The number of aromatic nitrogens is 3. The van der Waals surface area contributed by atoms with Gasteiger partial charge in [-0.25, -0.2) is 14.8 Å². The summed E-state index contributed by atoms with van der Waals surface area (Å²) in [6.45, 7) is 6.98. The summed E-state index contributed by atoms with van der Waals surface area (Å²) in [5, 5.41) is 2.02. The van der Waals surface area contributed by atoms with E-state index in [0.717, 1.165) is 24.0 Å². The van der Waals surface area contributed by atoms with Crippen LogP contribution in [-0.4, -0.2) is 56.7 Å². The highest BCUT2D eigenvalue weighted by Gasteiger charge is 2.45. The van der Waals surface area contributed by atoms with Gasteiger partial charge in [-0.05, 0) is 45.2 Å². The monoisotopic (exact) mass is 441 g/mol. The van der Waals surface area contributed by atoms with Gasteiger partial charge < -0.3 is 9.64 Å². The van der Waals surface area contributed by atoms with Crippen LogP contribution in [-0.2, 0) is 4.74 Å². The maximum Gasteiger partial charge on any atom is 0.410 e. The minimum Gasteiger partial charge on any atom is -0.444 e. The van der Waals surface area contributed by atoms with E-state index in [1.807, 2.05) is 25.7 Å². The number of piperazine rings is 1. The average Bonchev–Trinajstić information content (AvgIpc) is 2.87. The molecular weight excluding hydrogens is 420 g/mol. The zero-order chi connectivity index (χ0) is 20.2. The summed E-state index contributed by atoms with van der Waals surface area (Å²) in [5.74, 6) is 0.726. The highest BCUT2D eigenvalue weighted by atomic mass is 35.5. The second-order valence-corrected chi connectivity index (χ2v) is 9.49. The smallest absolute Gasteiger partial charge is 0.410 e. The number of halogens is 2. The first kappa shape index (κ1) is 19.9. The molecule has 0 aliphatic carbocycles. The van der Waals surface area contributed by atoms with Gasteiger partial charge in [-0.15, -0.1) is 0 Å². The second kappa shape index (κ2) is 7.12. The first-order valence-corrected chi connectivity index (χ1v) is 10.5. The molecule has 2 aromatic rings. The Morgan fingerprint density at radius 1 is 1.21 bits per heavy atom. The fourth-order valence-electron chi connectivity index (χ4n) is 3.97. The molecule has 0 radical (unpaired) electrons.